The van der Waals surface area contributed by atoms with Crippen molar-refractivity contribution in [2.45, 2.75) is 23.0 Å². The van der Waals surface area contributed by atoms with E-state index in [1.54, 1.807) is 11.8 Å². The molecular formula is C16H18O4S. The fraction of sp³-hybridized carbons (Fsp3) is 0.250. The van der Waals surface area contributed by atoms with Crippen molar-refractivity contribution < 1.29 is 19.4 Å². The van der Waals surface area contributed by atoms with Crippen molar-refractivity contribution in [2.24, 2.45) is 0 Å². The Morgan fingerprint density at radius 3 is 2.62 bits per heavy atom. The van der Waals surface area contributed by atoms with Crippen molar-refractivity contribution in [3.8, 4) is 0 Å². The maximum absolute atomic E-state index is 11.2. The predicted octanol–water partition coefficient (Wildman–Crippen LogP) is 3.30. The van der Waals surface area contributed by atoms with Crippen LogP contribution in [-0.2, 0) is 14.3 Å². The highest BCUT2D eigenvalue weighted by atomic mass is 32.2. The number of hydrogen-bond donors (Lipinski definition) is 1. The average molecular weight is 306 g/mol. The lowest BCUT2D eigenvalue weighted by Crippen LogP contribution is -2.10. The Bertz CT molecular complexity index is 496. The van der Waals surface area contributed by atoms with Gasteiger partial charge in [-0.25, -0.2) is 9.59 Å². The van der Waals surface area contributed by atoms with Gasteiger partial charge in [-0.1, -0.05) is 24.3 Å². The second kappa shape index (κ2) is 9.83. The van der Waals surface area contributed by atoms with Crippen molar-refractivity contribution in [1.29, 1.82) is 0 Å². The van der Waals surface area contributed by atoms with E-state index in [0.717, 1.165) is 23.5 Å². The Balaban J connectivity index is 2.39. The molecule has 0 aromatic heterocycles. The van der Waals surface area contributed by atoms with Gasteiger partial charge >= 0.3 is 11.9 Å². The highest BCUT2D eigenvalue weighted by molar-refractivity contribution is 8.00. The van der Waals surface area contributed by atoms with Gasteiger partial charge in [0, 0.05) is 22.3 Å². The first-order valence-electron chi connectivity index (χ1n) is 6.52. The van der Waals surface area contributed by atoms with Crippen molar-refractivity contribution in [3.05, 3.63) is 55.1 Å². The lowest BCUT2D eigenvalue weighted by Gasteiger charge is -2.14. The zero-order chi connectivity index (χ0) is 15.5. The number of benzene rings is 1. The largest absolute Gasteiger partial charge is 0.478 e. The molecule has 0 spiro atoms. The molecule has 0 amide bonds. The molecule has 0 saturated heterocycles. The Labute approximate surface area is 128 Å². The first-order valence-corrected chi connectivity index (χ1v) is 7.40. The van der Waals surface area contributed by atoms with Gasteiger partial charge in [-0.15, -0.1) is 18.3 Å². The zero-order valence-electron chi connectivity index (χ0n) is 11.6. The van der Waals surface area contributed by atoms with Crippen LogP contribution in [-0.4, -0.2) is 28.9 Å². The third-order valence-corrected chi connectivity index (χ3v) is 3.83. The number of thioether (sulfide) groups is 1. The molecule has 0 heterocycles. The topological polar surface area (TPSA) is 63.6 Å². The minimum Gasteiger partial charge on any atom is -0.478 e. The molecule has 21 heavy (non-hydrogen) atoms. The van der Waals surface area contributed by atoms with E-state index in [0.29, 0.717) is 6.42 Å². The molecule has 0 aliphatic rings. The minimum absolute atomic E-state index is 0.251. The normalized spacial score (nSPS) is 12.0. The molecule has 1 atom stereocenters. The number of ether oxygens (including phenoxy) is 1. The van der Waals surface area contributed by atoms with E-state index in [9.17, 15) is 9.59 Å². The zero-order valence-corrected chi connectivity index (χ0v) is 12.4. The number of rotatable bonds is 9. The molecule has 5 heteroatoms. The first kappa shape index (κ1) is 17.0. The maximum atomic E-state index is 11.2. The lowest BCUT2D eigenvalue weighted by atomic mass is 10.2. The number of carboxylic acids is 1. The molecule has 0 radical (unpaired) electrons. The molecule has 1 unspecified atom stereocenters. The van der Waals surface area contributed by atoms with Crippen LogP contribution in [0.4, 0.5) is 0 Å². The van der Waals surface area contributed by atoms with E-state index in [1.807, 2.05) is 36.4 Å². The monoisotopic (exact) mass is 306 g/mol. The van der Waals surface area contributed by atoms with Gasteiger partial charge in [-0.2, -0.15) is 0 Å². The van der Waals surface area contributed by atoms with E-state index >= 15 is 0 Å². The Kier molecular flexibility index (Phi) is 7.97. The third kappa shape index (κ3) is 7.99. The first-order chi connectivity index (χ1) is 10.1. The molecule has 112 valence electrons. The van der Waals surface area contributed by atoms with Gasteiger partial charge < -0.3 is 9.84 Å². The van der Waals surface area contributed by atoms with Gasteiger partial charge in [0.2, 0.25) is 0 Å². The Hall–Kier alpha value is -2.01. The number of carboxylic acid groups (broad SMARTS) is 1. The summed E-state index contributed by atoms with van der Waals surface area (Å²) in [7, 11) is 0. The van der Waals surface area contributed by atoms with Gasteiger partial charge in [0.15, 0.2) is 0 Å². The molecule has 1 rings (SSSR count). The minimum atomic E-state index is -1.17. The molecule has 1 N–H and O–H groups in total. The van der Waals surface area contributed by atoms with Gasteiger partial charge in [0.05, 0.1) is 6.61 Å². The van der Waals surface area contributed by atoms with E-state index in [2.05, 4.69) is 6.58 Å². The highest BCUT2D eigenvalue weighted by Gasteiger charge is 2.10. The quantitative estimate of drug-likeness (QED) is 0.328. The second-order valence-corrected chi connectivity index (χ2v) is 5.58. The summed E-state index contributed by atoms with van der Waals surface area (Å²) in [6, 6.07) is 9.97. The van der Waals surface area contributed by atoms with E-state index < -0.39 is 11.9 Å². The van der Waals surface area contributed by atoms with Crippen LogP contribution < -0.4 is 0 Å². The summed E-state index contributed by atoms with van der Waals surface area (Å²) in [6.07, 6.45) is 5.00. The summed E-state index contributed by atoms with van der Waals surface area (Å²) in [5, 5.41) is 8.67. The number of allylic oxidation sites excluding steroid dienone is 1. The van der Waals surface area contributed by atoms with Crippen LogP contribution in [0.1, 0.15) is 12.8 Å². The standard InChI is InChI=1S/C16H18O4S/c1-2-6-13(21-14-7-4-3-5-8-14)11-12-20-16(19)10-9-15(17)18/h2-5,7-10,13H,1,6,11-12H2,(H,17,18). The molecule has 0 bridgehead atoms. The van der Waals surface area contributed by atoms with Gasteiger partial charge in [0.1, 0.15) is 0 Å². The summed E-state index contributed by atoms with van der Waals surface area (Å²) in [5.41, 5.74) is 0. The molecule has 0 fully saturated rings. The predicted molar refractivity (Wildman–Crippen MR) is 83.3 cm³/mol. The van der Waals surface area contributed by atoms with Crippen molar-refractivity contribution in [2.75, 3.05) is 6.61 Å². The molecule has 0 aliphatic carbocycles. The Morgan fingerprint density at radius 2 is 2.00 bits per heavy atom. The van der Waals surface area contributed by atoms with E-state index in [-0.39, 0.29) is 11.9 Å². The summed E-state index contributed by atoms with van der Waals surface area (Å²) < 4.78 is 4.97. The van der Waals surface area contributed by atoms with Crippen LogP contribution in [0, 0.1) is 0 Å². The number of carbonyl (C=O) groups excluding carboxylic acids is 1. The van der Waals surface area contributed by atoms with Gasteiger partial charge in [-0.05, 0) is 25.0 Å². The van der Waals surface area contributed by atoms with Crippen LogP contribution in [0.2, 0.25) is 0 Å². The van der Waals surface area contributed by atoms with Crippen LogP contribution in [0.25, 0.3) is 0 Å². The van der Waals surface area contributed by atoms with Crippen LogP contribution in [0.5, 0.6) is 0 Å². The number of hydrogen-bond acceptors (Lipinski definition) is 4. The summed E-state index contributed by atoms with van der Waals surface area (Å²) >= 11 is 1.71. The molecule has 1 aromatic carbocycles. The third-order valence-electron chi connectivity index (χ3n) is 2.52. The summed E-state index contributed by atoms with van der Waals surface area (Å²) in [6.45, 7) is 3.99. The van der Waals surface area contributed by atoms with Crippen molar-refractivity contribution in [1.82, 2.24) is 0 Å². The van der Waals surface area contributed by atoms with Crippen molar-refractivity contribution >= 4 is 23.7 Å². The average Bonchev–Trinajstić information content (AvgIpc) is 2.46. The summed E-state index contributed by atoms with van der Waals surface area (Å²) in [5.74, 6) is -1.81. The van der Waals surface area contributed by atoms with Crippen LogP contribution in [0.3, 0.4) is 0 Å². The second-order valence-electron chi connectivity index (χ2n) is 4.21. The molecular weight excluding hydrogens is 288 g/mol. The maximum Gasteiger partial charge on any atom is 0.331 e. The van der Waals surface area contributed by atoms with Crippen LogP contribution in [0.15, 0.2) is 60.0 Å². The molecule has 0 aliphatic heterocycles. The molecule has 1 aromatic rings. The summed E-state index contributed by atoms with van der Waals surface area (Å²) in [4.78, 5) is 22.7. The van der Waals surface area contributed by atoms with Gasteiger partial charge in [0.25, 0.3) is 0 Å². The molecule has 0 saturated carbocycles. The SMILES string of the molecule is C=CCC(CCOC(=O)C=CC(=O)O)Sc1ccccc1. The van der Waals surface area contributed by atoms with E-state index in [4.69, 9.17) is 9.84 Å². The fourth-order valence-corrected chi connectivity index (χ4v) is 2.73. The van der Waals surface area contributed by atoms with E-state index in [1.165, 1.54) is 0 Å². The van der Waals surface area contributed by atoms with Crippen LogP contribution >= 0.6 is 11.8 Å². The van der Waals surface area contributed by atoms with Crippen molar-refractivity contribution in [3.63, 3.8) is 0 Å². The lowest BCUT2D eigenvalue weighted by molar-refractivity contribution is -0.138. The Morgan fingerprint density at radius 1 is 1.29 bits per heavy atom. The molecule has 4 nitrogen and oxygen atoms in total. The number of carbonyl (C=O) groups is 2. The van der Waals surface area contributed by atoms with Gasteiger partial charge in [-0.3, -0.25) is 0 Å². The number of aliphatic carboxylic acids is 1. The number of esters is 1. The smallest absolute Gasteiger partial charge is 0.331 e. The fourth-order valence-electron chi connectivity index (χ4n) is 1.58. The highest BCUT2D eigenvalue weighted by Crippen LogP contribution is 2.27.